The van der Waals surface area contributed by atoms with Gasteiger partial charge in [0.05, 0.1) is 0 Å². The van der Waals surface area contributed by atoms with E-state index in [1.165, 1.54) is 6.07 Å². The summed E-state index contributed by atoms with van der Waals surface area (Å²) in [5.74, 6) is -0.781. The van der Waals surface area contributed by atoms with Crippen LogP contribution >= 0.6 is 23.2 Å². The van der Waals surface area contributed by atoms with Gasteiger partial charge in [0.15, 0.2) is 0 Å². The Morgan fingerprint density at radius 2 is 1.88 bits per heavy atom. The number of benzene rings is 2. The summed E-state index contributed by atoms with van der Waals surface area (Å²) in [5.41, 5.74) is 7.63. The number of aromatic nitrogens is 1. The first kappa shape index (κ1) is 17.3. The minimum Gasteiger partial charge on any atom is -0.366 e. The van der Waals surface area contributed by atoms with E-state index >= 15 is 0 Å². The minimum absolute atomic E-state index is 0.232. The van der Waals surface area contributed by atoms with Crippen LogP contribution in [0.2, 0.25) is 10.0 Å². The number of hydrogen-bond acceptors (Lipinski definition) is 2. The molecule has 0 saturated heterocycles. The molecule has 25 heavy (non-hydrogen) atoms. The van der Waals surface area contributed by atoms with E-state index < -0.39 is 5.91 Å². The topological polar surface area (TPSA) is 77.1 Å². The molecule has 0 unspecified atom stereocenters. The molecule has 2 amide bonds. The molecule has 0 bridgehead atoms. The molecule has 0 saturated carbocycles. The Balaban J connectivity index is 1.79. The maximum absolute atomic E-state index is 12.5. The number of primary amides is 1. The van der Waals surface area contributed by atoms with E-state index in [4.69, 9.17) is 28.9 Å². The lowest BCUT2D eigenvalue weighted by Crippen LogP contribution is -2.25. The van der Waals surface area contributed by atoms with Gasteiger partial charge in [0.1, 0.15) is 5.69 Å². The van der Waals surface area contributed by atoms with Gasteiger partial charge in [-0.3, -0.25) is 9.59 Å². The zero-order valence-electron chi connectivity index (χ0n) is 13.3. The van der Waals surface area contributed by atoms with Gasteiger partial charge in [-0.2, -0.15) is 0 Å². The first-order chi connectivity index (χ1) is 11.9. The van der Waals surface area contributed by atoms with Crippen molar-refractivity contribution < 1.29 is 9.59 Å². The number of nitrogens with zero attached hydrogens (tertiary/aromatic N) is 1. The summed E-state index contributed by atoms with van der Waals surface area (Å²) in [6, 6.07) is 12.0. The van der Waals surface area contributed by atoms with Gasteiger partial charge in [-0.15, -0.1) is 0 Å². The second-order valence-electron chi connectivity index (χ2n) is 5.64. The highest BCUT2D eigenvalue weighted by atomic mass is 35.5. The van der Waals surface area contributed by atoms with Crippen LogP contribution in [-0.4, -0.2) is 16.4 Å². The predicted molar refractivity (Wildman–Crippen MR) is 99.1 cm³/mol. The highest BCUT2D eigenvalue weighted by Gasteiger charge is 2.14. The van der Waals surface area contributed by atoms with Crippen molar-refractivity contribution in [1.82, 2.24) is 9.88 Å². The van der Waals surface area contributed by atoms with Crippen LogP contribution in [0.5, 0.6) is 0 Å². The van der Waals surface area contributed by atoms with Gasteiger partial charge in [0.25, 0.3) is 5.91 Å². The molecule has 0 spiro atoms. The lowest BCUT2D eigenvalue weighted by Gasteiger charge is -2.09. The number of halogens is 2. The Bertz CT molecular complexity index is 995. The van der Waals surface area contributed by atoms with E-state index in [-0.39, 0.29) is 12.5 Å². The molecule has 128 valence electrons. The van der Waals surface area contributed by atoms with Gasteiger partial charge in [-0.1, -0.05) is 35.3 Å². The van der Waals surface area contributed by atoms with E-state index in [1.54, 1.807) is 28.8 Å². The summed E-state index contributed by atoms with van der Waals surface area (Å²) < 4.78 is 1.79. The van der Waals surface area contributed by atoms with E-state index in [0.29, 0.717) is 26.9 Å². The van der Waals surface area contributed by atoms with E-state index in [0.717, 1.165) is 10.9 Å². The molecule has 1 heterocycles. The molecule has 0 radical (unpaired) electrons. The van der Waals surface area contributed by atoms with Gasteiger partial charge in [-0.05, 0) is 35.9 Å². The van der Waals surface area contributed by atoms with Crippen LogP contribution in [0.4, 0.5) is 0 Å². The zero-order chi connectivity index (χ0) is 18.1. The van der Waals surface area contributed by atoms with E-state index in [9.17, 15) is 9.59 Å². The quantitative estimate of drug-likeness (QED) is 0.731. The van der Waals surface area contributed by atoms with Crippen LogP contribution in [0.25, 0.3) is 10.9 Å². The number of carbonyl (C=O) groups is 2. The van der Waals surface area contributed by atoms with E-state index in [2.05, 4.69) is 5.32 Å². The van der Waals surface area contributed by atoms with Crippen molar-refractivity contribution in [3.63, 3.8) is 0 Å². The number of aryl methyl sites for hydroxylation is 1. The highest BCUT2D eigenvalue weighted by Crippen LogP contribution is 2.23. The fourth-order valence-corrected chi connectivity index (χ4v) is 3.04. The number of amides is 2. The normalized spacial score (nSPS) is 10.8. The lowest BCUT2D eigenvalue weighted by molar-refractivity contribution is 0.0941. The number of rotatable bonds is 4. The van der Waals surface area contributed by atoms with Gasteiger partial charge in [-0.25, -0.2) is 0 Å². The maximum atomic E-state index is 12.5. The summed E-state index contributed by atoms with van der Waals surface area (Å²) in [5, 5.41) is 4.75. The number of fused-ring (bicyclic) bond motifs is 1. The van der Waals surface area contributed by atoms with Gasteiger partial charge in [0.2, 0.25) is 5.91 Å². The molecular weight excluding hydrogens is 361 g/mol. The Kier molecular flexibility index (Phi) is 4.70. The van der Waals surface area contributed by atoms with Crippen LogP contribution in [0, 0.1) is 0 Å². The molecule has 0 aliphatic heterocycles. The second kappa shape index (κ2) is 6.78. The third-order valence-corrected chi connectivity index (χ3v) is 4.60. The van der Waals surface area contributed by atoms with Crippen molar-refractivity contribution in [1.29, 1.82) is 0 Å². The third kappa shape index (κ3) is 3.48. The molecule has 2 aromatic carbocycles. The monoisotopic (exact) mass is 375 g/mol. The van der Waals surface area contributed by atoms with Crippen LogP contribution < -0.4 is 11.1 Å². The van der Waals surface area contributed by atoms with Crippen LogP contribution in [-0.2, 0) is 13.6 Å². The SMILES string of the molecule is Cn1c(C(=O)NCc2ccc(C(N)=O)cc2Cl)cc2ccc(Cl)cc21. The summed E-state index contributed by atoms with van der Waals surface area (Å²) in [7, 11) is 1.81. The maximum Gasteiger partial charge on any atom is 0.268 e. The molecule has 5 nitrogen and oxygen atoms in total. The molecule has 0 fully saturated rings. The molecule has 0 aliphatic rings. The molecule has 3 aromatic rings. The van der Waals surface area contributed by atoms with E-state index in [1.807, 2.05) is 19.2 Å². The van der Waals surface area contributed by atoms with Crippen molar-refractivity contribution >= 4 is 45.9 Å². The Hall–Kier alpha value is -2.50. The average Bonchev–Trinajstić information content (AvgIpc) is 2.90. The Morgan fingerprint density at radius 1 is 1.12 bits per heavy atom. The van der Waals surface area contributed by atoms with Gasteiger partial charge < -0.3 is 15.6 Å². The molecule has 1 aromatic heterocycles. The number of nitrogens with two attached hydrogens (primary N) is 1. The van der Waals surface area contributed by atoms with Crippen molar-refractivity contribution in [2.24, 2.45) is 12.8 Å². The smallest absolute Gasteiger partial charge is 0.268 e. The zero-order valence-corrected chi connectivity index (χ0v) is 14.9. The molecular formula is C18H15Cl2N3O2. The Labute approximate surface area is 154 Å². The fourth-order valence-electron chi connectivity index (χ4n) is 2.63. The predicted octanol–water partition coefficient (Wildman–Crippen LogP) is 3.51. The van der Waals surface area contributed by atoms with Crippen molar-refractivity contribution in [2.45, 2.75) is 6.54 Å². The van der Waals surface area contributed by atoms with Crippen LogP contribution in [0.1, 0.15) is 26.4 Å². The molecule has 0 aliphatic carbocycles. The minimum atomic E-state index is -0.549. The summed E-state index contributed by atoms with van der Waals surface area (Å²) in [6.07, 6.45) is 0. The molecule has 3 rings (SSSR count). The lowest BCUT2D eigenvalue weighted by atomic mass is 10.1. The third-order valence-electron chi connectivity index (χ3n) is 4.02. The largest absolute Gasteiger partial charge is 0.366 e. The van der Waals surface area contributed by atoms with Crippen molar-refractivity contribution in [3.8, 4) is 0 Å². The van der Waals surface area contributed by atoms with Crippen molar-refractivity contribution in [3.05, 3.63) is 69.3 Å². The first-order valence-electron chi connectivity index (χ1n) is 7.48. The summed E-state index contributed by atoms with van der Waals surface area (Å²) >= 11 is 12.1. The number of carbonyl (C=O) groups excluding carboxylic acids is 2. The fraction of sp³-hybridized carbons (Fsp3) is 0.111. The molecule has 3 N–H and O–H groups in total. The van der Waals surface area contributed by atoms with Crippen molar-refractivity contribution in [2.75, 3.05) is 0 Å². The first-order valence-corrected chi connectivity index (χ1v) is 8.24. The molecule has 7 heteroatoms. The van der Waals surface area contributed by atoms with Gasteiger partial charge >= 0.3 is 0 Å². The highest BCUT2D eigenvalue weighted by molar-refractivity contribution is 6.32. The average molecular weight is 376 g/mol. The second-order valence-corrected chi connectivity index (χ2v) is 6.49. The summed E-state index contributed by atoms with van der Waals surface area (Å²) in [6.45, 7) is 0.235. The standard InChI is InChI=1S/C18H15Cl2N3O2/c1-23-15-8-13(19)5-4-10(15)7-16(23)18(25)22-9-12-3-2-11(17(21)24)6-14(12)20/h2-8H,9H2,1H3,(H2,21,24)(H,22,25). The number of nitrogens with one attached hydrogen (secondary N) is 1. The van der Waals surface area contributed by atoms with Gasteiger partial charge in [0, 0.05) is 40.1 Å². The Morgan fingerprint density at radius 3 is 2.56 bits per heavy atom. The number of hydrogen-bond donors (Lipinski definition) is 2. The summed E-state index contributed by atoms with van der Waals surface area (Å²) in [4.78, 5) is 23.6. The van der Waals surface area contributed by atoms with Crippen LogP contribution in [0.15, 0.2) is 42.5 Å². The molecule has 0 atom stereocenters. The van der Waals surface area contributed by atoms with Crippen LogP contribution in [0.3, 0.4) is 0 Å².